The molecule has 1 aliphatic rings. The highest BCUT2D eigenvalue weighted by molar-refractivity contribution is 7.88. The zero-order chi connectivity index (χ0) is 15.5. The smallest absolute Gasteiger partial charge is 0.208 e. The van der Waals surface area contributed by atoms with E-state index in [2.05, 4.69) is 22.6 Å². The van der Waals surface area contributed by atoms with E-state index in [1.165, 1.54) is 11.8 Å². The number of piperidine rings is 1. The number of hydrogen-bond acceptors (Lipinski definition) is 4. The number of nitrogens with one attached hydrogen (secondary N) is 1. The van der Waals surface area contributed by atoms with Gasteiger partial charge in [-0.1, -0.05) is 12.1 Å². The molecule has 2 rings (SSSR count). The number of nitrogens with zero attached hydrogens (tertiary/aromatic N) is 1. The van der Waals surface area contributed by atoms with E-state index in [1.54, 1.807) is 7.11 Å². The van der Waals surface area contributed by atoms with Crippen LogP contribution in [0.25, 0.3) is 0 Å². The molecular formula is C15H24N2O3S. The van der Waals surface area contributed by atoms with Gasteiger partial charge >= 0.3 is 0 Å². The molecule has 1 aliphatic heterocycles. The van der Waals surface area contributed by atoms with E-state index in [1.807, 2.05) is 18.2 Å². The second-order valence-electron chi connectivity index (χ2n) is 5.68. The third-order valence-electron chi connectivity index (χ3n) is 3.96. The molecule has 0 aromatic heterocycles. The Morgan fingerprint density at radius 1 is 1.43 bits per heavy atom. The molecule has 0 radical (unpaired) electrons. The van der Waals surface area contributed by atoms with Gasteiger partial charge in [0.25, 0.3) is 0 Å². The molecule has 118 valence electrons. The number of likely N-dealkylation sites (tertiary alicyclic amines) is 1. The van der Waals surface area contributed by atoms with Crippen LogP contribution < -0.4 is 9.46 Å². The molecule has 2 atom stereocenters. The average Bonchev–Trinajstić information content (AvgIpc) is 2.45. The lowest BCUT2D eigenvalue weighted by molar-refractivity contribution is 0.154. The van der Waals surface area contributed by atoms with Crippen LogP contribution >= 0.6 is 0 Å². The standard InChI is InChI=1S/C15H24N2O3S/c1-12(13-6-4-8-15(10-13)20-2)17-9-5-7-14(11-17)16-21(3,18)19/h4,6,8,10,12,14,16H,5,7,9,11H2,1-3H3/t12-,14+/m1/s1. The third kappa shape index (κ3) is 4.69. The van der Waals surface area contributed by atoms with Gasteiger partial charge in [-0.25, -0.2) is 13.1 Å². The molecule has 1 aromatic rings. The summed E-state index contributed by atoms with van der Waals surface area (Å²) in [5, 5.41) is 0. The Balaban J connectivity index is 2.06. The summed E-state index contributed by atoms with van der Waals surface area (Å²) in [5.74, 6) is 0.849. The Labute approximate surface area is 127 Å². The Hall–Kier alpha value is -1.11. The summed E-state index contributed by atoms with van der Waals surface area (Å²) in [5.41, 5.74) is 1.19. The Morgan fingerprint density at radius 3 is 2.86 bits per heavy atom. The molecular weight excluding hydrogens is 288 g/mol. The van der Waals surface area contributed by atoms with E-state index in [4.69, 9.17) is 4.74 Å². The van der Waals surface area contributed by atoms with Crippen molar-refractivity contribution >= 4 is 10.0 Å². The number of benzene rings is 1. The van der Waals surface area contributed by atoms with Crippen molar-refractivity contribution in [2.75, 3.05) is 26.5 Å². The first-order chi connectivity index (χ1) is 9.89. The molecule has 1 aromatic carbocycles. The maximum atomic E-state index is 11.4. The van der Waals surface area contributed by atoms with Crippen LogP contribution in [0.1, 0.15) is 31.4 Å². The molecule has 1 heterocycles. The lowest BCUT2D eigenvalue weighted by Crippen LogP contribution is -2.47. The minimum atomic E-state index is -3.14. The fourth-order valence-electron chi connectivity index (χ4n) is 2.87. The summed E-state index contributed by atoms with van der Waals surface area (Å²) in [6, 6.07) is 8.28. The molecule has 0 bridgehead atoms. The molecule has 6 heteroatoms. The average molecular weight is 312 g/mol. The molecule has 0 unspecified atom stereocenters. The van der Waals surface area contributed by atoms with Crippen molar-refractivity contribution in [1.82, 2.24) is 9.62 Å². The fraction of sp³-hybridized carbons (Fsp3) is 0.600. The first-order valence-corrected chi connectivity index (χ1v) is 9.13. The van der Waals surface area contributed by atoms with Crippen molar-refractivity contribution in [1.29, 1.82) is 0 Å². The van der Waals surface area contributed by atoms with E-state index in [0.29, 0.717) is 0 Å². The summed E-state index contributed by atoms with van der Waals surface area (Å²) in [4.78, 5) is 2.32. The quantitative estimate of drug-likeness (QED) is 0.900. The van der Waals surface area contributed by atoms with Gasteiger partial charge < -0.3 is 4.74 Å². The van der Waals surface area contributed by atoms with Gasteiger partial charge in [0, 0.05) is 18.6 Å². The SMILES string of the molecule is COc1cccc([C@@H](C)N2CCC[C@H](NS(C)(=O)=O)C2)c1. The van der Waals surface area contributed by atoms with Crippen LogP contribution in [-0.2, 0) is 10.0 Å². The monoisotopic (exact) mass is 312 g/mol. The predicted octanol–water partition coefficient (Wildman–Crippen LogP) is 1.77. The summed E-state index contributed by atoms with van der Waals surface area (Å²) < 4.78 is 30.8. The van der Waals surface area contributed by atoms with E-state index in [-0.39, 0.29) is 12.1 Å². The van der Waals surface area contributed by atoms with Gasteiger partial charge in [0.05, 0.1) is 13.4 Å². The molecule has 0 amide bonds. The summed E-state index contributed by atoms with van der Waals surface area (Å²) >= 11 is 0. The minimum absolute atomic E-state index is 0.00167. The number of ether oxygens (including phenoxy) is 1. The number of hydrogen-bond donors (Lipinski definition) is 1. The third-order valence-corrected chi connectivity index (χ3v) is 4.72. The van der Waals surface area contributed by atoms with Crippen molar-refractivity contribution in [3.8, 4) is 5.75 Å². The maximum absolute atomic E-state index is 11.4. The van der Waals surface area contributed by atoms with Crippen LogP contribution in [0.4, 0.5) is 0 Å². The maximum Gasteiger partial charge on any atom is 0.208 e. The first kappa shape index (κ1) is 16.3. The summed E-state index contributed by atoms with van der Waals surface area (Å²) in [7, 11) is -1.48. The van der Waals surface area contributed by atoms with Crippen molar-refractivity contribution in [3.63, 3.8) is 0 Å². The van der Waals surface area contributed by atoms with E-state index in [0.717, 1.165) is 31.7 Å². The van der Waals surface area contributed by atoms with Gasteiger partial charge in [-0.05, 0) is 44.0 Å². The Morgan fingerprint density at radius 2 is 2.19 bits per heavy atom. The Bertz CT molecular complexity index is 574. The van der Waals surface area contributed by atoms with Gasteiger partial charge in [0.15, 0.2) is 0 Å². The zero-order valence-electron chi connectivity index (χ0n) is 12.9. The number of sulfonamides is 1. The molecule has 1 saturated heterocycles. The van der Waals surface area contributed by atoms with Gasteiger partial charge in [-0.3, -0.25) is 4.90 Å². The van der Waals surface area contributed by atoms with Crippen LogP contribution in [0.2, 0.25) is 0 Å². The zero-order valence-corrected chi connectivity index (χ0v) is 13.7. The lowest BCUT2D eigenvalue weighted by atomic mass is 10.0. The molecule has 0 spiro atoms. The summed E-state index contributed by atoms with van der Waals surface area (Å²) in [6.45, 7) is 3.88. The fourth-order valence-corrected chi connectivity index (χ4v) is 3.67. The number of methoxy groups -OCH3 is 1. The van der Waals surface area contributed by atoms with Crippen LogP contribution in [0.5, 0.6) is 5.75 Å². The highest BCUT2D eigenvalue weighted by Gasteiger charge is 2.26. The molecule has 0 aliphatic carbocycles. The molecule has 1 fully saturated rings. The normalized spacial score (nSPS) is 22.0. The number of rotatable bonds is 5. The largest absolute Gasteiger partial charge is 0.497 e. The lowest BCUT2D eigenvalue weighted by Gasteiger charge is -2.37. The van der Waals surface area contributed by atoms with Gasteiger partial charge in [-0.2, -0.15) is 0 Å². The van der Waals surface area contributed by atoms with Crippen molar-refractivity contribution in [2.45, 2.75) is 31.8 Å². The van der Waals surface area contributed by atoms with Crippen molar-refractivity contribution < 1.29 is 13.2 Å². The van der Waals surface area contributed by atoms with Crippen LogP contribution in [0.3, 0.4) is 0 Å². The molecule has 21 heavy (non-hydrogen) atoms. The van der Waals surface area contributed by atoms with E-state index in [9.17, 15) is 8.42 Å². The van der Waals surface area contributed by atoms with Gasteiger partial charge in [0.1, 0.15) is 5.75 Å². The Kier molecular flexibility index (Phi) is 5.24. The van der Waals surface area contributed by atoms with Gasteiger partial charge in [-0.15, -0.1) is 0 Å². The highest BCUT2D eigenvalue weighted by atomic mass is 32.2. The minimum Gasteiger partial charge on any atom is -0.497 e. The highest BCUT2D eigenvalue weighted by Crippen LogP contribution is 2.26. The molecule has 5 nitrogen and oxygen atoms in total. The predicted molar refractivity (Wildman–Crippen MR) is 84.0 cm³/mol. The summed E-state index contributed by atoms with van der Waals surface area (Å²) in [6.07, 6.45) is 3.12. The van der Waals surface area contributed by atoms with E-state index >= 15 is 0 Å². The van der Waals surface area contributed by atoms with E-state index < -0.39 is 10.0 Å². The van der Waals surface area contributed by atoms with Crippen LogP contribution in [0.15, 0.2) is 24.3 Å². The molecule has 1 N–H and O–H groups in total. The first-order valence-electron chi connectivity index (χ1n) is 7.24. The van der Waals surface area contributed by atoms with Crippen molar-refractivity contribution in [3.05, 3.63) is 29.8 Å². The topological polar surface area (TPSA) is 58.6 Å². The van der Waals surface area contributed by atoms with Crippen LogP contribution in [-0.4, -0.2) is 45.8 Å². The van der Waals surface area contributed by atoms with Gasteiger partial charge in [0.2, 0.25) is 10.0 Å². The second kappa shape index (κ2) is 6.77. The van der Waals surface area contributed by atoms with Crippen molar-refractivity contribution in [2.24, 2.45) is 0 Å². The molecule has 0 saturated carbocycles. The van der Waals surface area contributed by atoms with Crippen LogP contribution in [0, 0.1) is 0 Å². The second-order valence-corrected chi connectivity index (χ2v) is 7.46.